The number of ether oxygens (including phenoxy) is 2. The first-order chi connectivity index (χ1) is 16.3. The van der Waals surface area contributed by atoms with Gasteiger partial charge >= 0.3 is 0 Å². The van der Waals surface area contributed by atoms with E-state index in [4.69, 9.17) is 9.47 Å². The van der Waals surface area contributed by atoms with Gasteiger partial charge in [0.25, 0.3) is 5.91 Å². The minimum Gasteiger partial charge on any atom is -0.497 e. The van der Waals surface area contributed by atoms with Gasteiger partial charge in [0.05, 0.1) is 24.2 Å². The van der Waals surface area contributed by atoms with Crippen molar-refractivity contribution in [2.75, 3.05) is 38.2 Å². The minimum absolute atomic E-state index is 0.0849. The molecule has 1 amide bonds. The highest BCUT2D eigenvalue weighted by Crippen LogP contribution is 2.24. The molecule has 2 aliphatic heterocycles. The average Bonchev–Trinajstić information content (AvgIpc) is 2.84. The molecule has 0 radical (unpaired) electrons. The lowest BCUT2D eigenvalue weighted by molar-refractivity contribution is -0.0440. The Morgan fingerprint density at radius 1 is 0.971 bits per heavy atom. The van der Waals surface area contributed by atoms with Crippen LogP contribution in [-0.2, 0) is 14.8 Å². The number of nitrogens with one attached hydrogen (secondary N) is 1. The van der Waals surface area contributed by atoms with Gasteiger partial charge in [0.2, 0.25) is 10.0 Å². The van der Waals surface area contributed by atoms with Gasteiger partial charge in [0.15, 0.2) is 0 Å². The SMILES string of the molecule is COc1ccc(N2CCC(NC(=O)c3ccc(S(=O)(=O)N4CC(C)OC(C)C4)cc3)CC2)cc1. The largest absolute Gasteiger partial charge is 0.497 e. The molecule has 2 unspecified atom stereocenters. The molecule has 34 heavy (non-hydrogen) atoms. The Morgan fingerprint density at radius 3 is 2.12 bits per heavy atom. The quantitative estimate of drug-likeness (QED) is 0.674. The van der Waals surface area contributed by atoms with Crippen molar-refractivity contribution in [3.63, 3.8) is 0 Å². The predicted molar refractivity (Wildman–Crippen MR) is 131 cm³/mol. The van der Waals surface area contributed by atoms with E-state index in [0.717, 1.165) is 37.4 Å². The van der Waals surface area contributed by atoms with E-state index >= 15 is 0 Å². The van der Waals surface area contributed by atoms with Crippen LogP contribution in [0.5, 0.6) is 5.75 Å². The number of benzene rings is 2. The third-order valence-electron chi connectivity index (χ3n) is 6.41. The maximum Gasteiger partial charge on any atom is 0.251 e. The summed E-state index contributed by atoms with van der Waals surface area (Å²) in [6.07, 6.45) is 1.38. The summed E-state index contributed by atoms with van der Waals surface area (Å²) >= 11 is 0. The number of carbonyl (C=O) groups is 1. The Morgan fingerprint density at radius 2 is 1.56 bits per heavy atom. The Bertz CT molecular complexity index is 1070. The van der Waals surface area contributed by atoms with Crippen molar-refractivity contribution < 1.29 is 22.7 Å². The number of amides is 1. The zero-order valence-corrected chi connectivity index (χ0v) is 20.8. The normalized spacial score (nSPS) is 22.4. The van der Waals surface area contributed by atoms with Gasteiger partial charge in [-0.25, -0.2) is 8.42 Å². The molecule has 2 fully saturated rings. The van der Waals surface area contributed by atoms with Crippen molar-refractivity contribution in [3.05, 3.63) is 54.1 Å². The van der Waals surface area contributed by atoms with E-state index in [1.165, 1.54) is 16.4 Å². The summed E-state index contributed by atoms with van der Waals surface area (Å²) in [5.74, 6) is 0.652. The molecule has 1 N–H and O–H groups in total. The summed E-state index contributed by atoms with van der Waals surface area (Å²) in [4.78, 5) is 15.3. The van der Waals surface area contributed by atoms with Crippen molar-refractivity contribution in [2.24, 2.45) is 0 Å². The number of carbonyl (C=O) groups excluding carboxylic acids is 1. The summed E-state index contributed by atoms with van der Waals surface area (Å²) in [7, 11) is -1.97. The number of methoxy groups -OCH3 is 1. The first-order valence-corrected chi connectivity index (χ1v) is 13.2. The second kappa shape index (κ2) is 10.3. The lowest BCUT2D eigenvalue weighted by atomic mass is 10.0. The lowest BCUT2D eigenvalue weighted by Gasteiger charge is -2.34. The van der Waals surface area contributed by atoms with Crippen LogP contribution in [-0.4, -0.2) is 70.2 Å². The molecule has 2 heterocycles. The monoisotopic (exact) mass is 487 g/mol. The summed E-state index contributed by atoms with van der Waals surface area (Å²) in [5.41, 5.74) is 1.60. The van der Waals surface area contributed by atoms with Crippen LogP contribution in [0.1, 0.15) is 37.0 Å². The molecule has 0 saturated carbocycles. The molecule has 9 heteroatoms. The van der Waals surface area contributed by atoms with Crippen LogP contribution in [0.15, 0.2) is 53.4 Å². The zero-order valence-electron chi connectivity index (χ0n) is 19.9. The molecule has 2 aliphatic rings. The molecule has 0 bridgehead atoms. The third kappa shape index (κ3) is 5.54. The molecule has 0 aromatic heterocycles. The number of sulfonamides is 1. The fourth-order valence-electron chi connectivity index (χ4n) is 4.60. The molecule has 2 aromatic carbocycles. The molecule has 2 saturated heterocycles. The van der Waals surface area contributed by atoms with Crippen LogP contribution in [0.2, 0.25) is 0 Å². The van der Waals surface area contributed by atoms with E-state index in [9.17, 15) is 13.2 Å². The van der Waals surface area contributed by atoms with Gasteiger partial charge in [-0.05, 0) is 75.2 Å². The fourth-order valence-corrected chi connectivity index (χ4v) is 6.19. The summed E-state index contributed by atoms with van der Waals surface area (Å²) in [6.45, 7) is 6.09. The second-order valence-electron chi connectivity index (χ2n) is 9.04. The molecular formula is C25H33N3O5S. The Balaban J connectivity index is 1.32. The highest BCUT2D eigenvalue weighted by molar-refractivity contribution is 7.89. The highest BCUT2D eigenvalue weighted by Gasteiger charge is 2.32. The summed E-state index contributed by atoms with van der Waals surface area (Å²) in [6, 6.07) is 14.3. The number of nitrogens with zero attached hydrogens (tertiary/aromatic N) is 2. The van der Waals surface area contributed by atoms with Crippen LogP contribution in [0, 0.1) is 0 Å². The zero-order chi connectivity index (χ0) is 24.3. The van der Waals surface area contributed by atoms with E-state index < -0.39 is 10.0 Å². The molecule has 184 valence electrons. The smallest absolute Gasteiger partial charge is 0.251 e. The molecule has 0 aliphatic carbocycles. The van der Waals surface area contributed by atoms with Crippen LogP contribution in [0.25, 0.3) is 0 Å². The van der Waals surface area contributed by atoms with Crippen LogP contribution in [0.3, 0.4) is 0 Å². The van der Waals surface area contributed by atoms with Crippen molar-refractivity contribution >= 4 is 21.6 Å². The van der Waals surface area contributed by atoms with Crippen LogP contribution in [0.4, 0.5) is 5.69 Å². The average molecular weight is 488 g/mol. The van der Waals surface area contributed by atoms with Gasteiger partial charge < -0.3 is 19.7 Å². The van der Waals surface area contributed by atoms with Gasteiger partial charge in [-0.15, -0.1) is 0 Å². The van der Waals surface area contributed by atoms with E-state index in [1.807, 2.05) is 38.1 Å². The Hall–Kier alpha value is -2.62. The van der Waals surface area contributed by atoms with Gasteiger partial charge in [-0.2, -0.15) is 4.31 Å². The standard InChI is InChI=1S/C25H33N3O5S/c1-18-16-28(17-19(2)33-18)34(30,31)24-10-4-20(5-11-24)25(29)26-21-12-14-27(15-13-21)22-6-8-23(32-3)9-7-22/h4-11,18-19,21H,12-17H2,1-3H3,(H,26,29). The first-order valence-electron chi connectivity index (χ1n) is 11.7. The van der Waals surface area contributed by atoms with Gasteiger partial charge in [-0.1, -0.05) is 0 Å². The highest BCUT2D eigenvalue weighted by atomic mass is 32.2. The Labute approximate surface area is 201 Å². The lowest BCUT2D eigenvalue weighted by Crippen LogP contribution is -2.48. The van der Waals surface area contributed by atoms with Crippen molar-refractivity contribution in [3.8, 4) is 5.75 Å². The number of anilines is 1. The molecule has 8 nitrogen and oxygen atoms in total. The fraction of sp³-hybridized carbons (Fsp3) is 0.480. The number of rotatable bonds is 6. The maximum atomic E-state index is 13.0. The number of morpholine rings is 1. The van der Waals surface area contributed by atoms with Crippen molar-refractivity contribution in [1.29, 1.82) is 0 Å². The number of hydrogen-bond acceptors (Lipinski definition) is 6. The summed E-state index contributed by atoms with van der Waals surface area (Å²) < 4.78 is 38.4. The van der Waals surface area contributed by atoms with Gasteiger partial charge in [0.1, 0.15) is 5.75 Å². The third-order valence-corrected chi connectivity index (χ3v) is 8.25. The maximum absolute atomic E-state index is 13.0. The second-order valence-corrected chi connectivity index (χ2v) is 11.0. The number of hydrogen-bond donors (Lipinski definition) is 1. The van der Waals surface area contributed by atoms with Crippen LogP contribution >= 0.6 is 0 Å². The van der Waals surface area contributed by atoms with E-state index in [-0.39, 0.29) is 29.1 Å². The van der Waals surface area contributed by atoms with Crippen molar-refractivity contribution in [1.82, 2.24) is 9.62 Å². The summed E-state index contributed by atoms with van der Waals surface area (Å²) in [5, 5.41) is 3.10. The first kappa shape index (κ1) is 24.5. The van der Waals surface area contributed by atoms with Gasteiger partial charge in [-0.3, -0.25) is 4.79 Å². The predicted octanol–water partition coefficient (Wildman–Crippen LogP) is 2.89. The van der Waals surface area contributed by atoms with Crippen molar-refractivity contribution in [2.45, 2.75) is 49.8 Å². The topological polar surface area (TPSA) is 88.2 Å². The molecule has 4 rings (SSSR count). The molecule has 2 aromatic rings. The van der Waals surface area contributed by atoms with E-state index in [0.29, 0.717) is 18.7 Å². The van der Waals surface area contributed by atoms with E-state index in [2.05, 4.69) is 10.2 Å². The Kier molecular flexibility index (Phi) is 7.45. The van der Waals surface area contributed by atoms with E-state index in [1.54, 1.807) is 19.2 Å². The minimum atomic E-state index is -3.63. The molecular weight excluding hydrogens is 454 g/mol. The van der Waals surface area contributed by atoms with Gasteiger partial charge in [0, 0.05) is 43.5 Å². The number of piperidine rings is 1. The van der Waals surface area contributed by atoms with Crippen LogP contribution < -0.4 is 15.0 Å². The molecule has 0 spiro atoms. The molecule has 2 atom stereocenters.